The average molecular weight is 599 g/mol. The average Bonchev–Trinajstić information content (AvgIpc) is 2.95. The van der Waals surface area contributed by atoms with E-state index in [1.807, 2.05) is 25.9 Å². The molecule has 6 N–H and O–H groups in total. The first-order valence-electron chi connectivity index (χ1n) is 14.4. The lowest BCUT2D eigenvalue weighted by Crippen LogP contribution is -2.32. The number of nitrogens with one attached hydrogen (secondary N) is 1. The second-order valence-electron chi connectivity index (χ2n) is 11.6. The lowest BCUT2D eigenvalue weighted by Gasteiger charge is -2.29. The maximum Gasteiger partial charge on any atom is 0.286 e. The standard InChI is InChI=1S/C32H46N4O7/c1-19-12-24(17-38)29(40)21(3)14-22(4)31(43-18-33)23(16-37)9-7-8-20(2)32(42)35-26-15-27(39)28(25(13-19)30(26)41)34-10-11-36(5)6/h7-10,14-15,19,21,23-24,29,31,37-41H,11-13,16-17H2,1-6H3,(H,35,42)/b9-7-,20-8+,22-14?,34-10?/t19-,21+,23+,24-,29-,31+/m0/s1. The van der Waals surface area contributed by atoms with E-state index in [0.717, 1.165) is 0 Å². The molecular formula is C32H46N4O7. The number of carbonyl (C=O) groups is 1. The van der Waals surface area contributed by atoms with Crippen molar-refractivity contribution in [1.29, 1.82) is 5.26 Å². The normalized spacial score (nSPS) is 28.1. The van der Waals surface area contributed by atoms with Gasteiger partial charge in [-0.3, -0.25) is 9.79 Å². The maximum atomic E-state index is 13.0. The number of benzene rings is 1. The number of ether oxygens (including phenoxy) is 1. The van der Waals surface area contributed by atoms with Crippen molar-refractivity contribution < 1.29 is 35.1 Å². The Labute approximate surface area is 254 Å². The zero-order valence-corrected chi connectivity index (χ0v) is 25.9. The van der Waals surface area contributed by atoms with Crippen LogP contribution in [0.3, 0.4) is 0 Å². The fourth-order valence-corrected chi connectivity index (χ4v) is 5.21. The topological polar surface area (TPSA) is 179 Å². The van der Waals surface area contributed by atoms with Crippen LogP contribution in [0.25, 0.3) is 0 Å². The molecule has 2 rings (SSSR count). The summed E-state index contributed by atoms with van der Waals surface area (Å²) in [5.41, 5.74) is 1.41. The van der Waals surface area contributed by atoms with Crippen LogP contribution in [0, 0.1) is 35.2 Å². The van der Waals surface area contributed by atoms with Crippen LogP contribution in [0.4, 0.5) is 11.4 Å². The summed E-state index contributed by atoms with van der Waals surface area (Å²) in [7, 11) is 3.74. The monoisotopic (exact) mass is 598 g/mol. The van der Waals surface area contributed by atoms with Crippen LogP contribution in [0.15, 0.2) is 46.5 Å². The molecule has 0 saturated carbocycles. The molecule has 0 aliphatic carbocycles. The number of fused-ring (bicyclic) bond motifs is 2. The van der Waals surface area contributed by atoms with Gasteiger partial charge in [0.1, 0.15) is 23.3 Å². The van der Waals surface area contributed by atoms with E-state index in [-0.39, 0.29) is 54.0 Å². The molecular weight excluding hydrogens is 552 g/mol. The molecule has 11 nitrogen and oxygen atoms in total. The van der Waals surface area contributed by atoms with Crippen LogP contribution in [-0.4, -0.2) is 88.6 Å². The molecule has 1 aliphatic rings. The van der Waals surface area contributed by atoms with E-state index in [2.05, 4.69) is 10.3 Å². The summed E-state index contributed by atoms with van der Waals surface area (Å²) in [6.07, 6.45) is 8.61. The van der Waals surface area contributed by atoms with Crippen molar-refractivity contribution >= 4 is 23.5 Å². The molecule has 1 amide bonds. The Hall–Kier alpha value is -3.69. The molecule has 1 heterocycles. The highest BCUT2D eigenvalue weighted by atomic mass is 16.5. The molecule has 0 unspecified atom stereocenters. The number of aliphatic hydroxyl groups excluding tert-OH is 3. The Kier molecular flexibility index (Phi) is 13.9. The number of phenolic OH excluding ortho intramolecular Hbond substituents is 2. The third-order valence-corrected chi connectivity index (χ3v) is 7.60. The van der Waals surface area contributed by atoms with Crippen molar-refractivity contribution in [2.75, 3.05) is 39.2 Å². The van der Waals surface area contributed by atoms with Crippen molar-refractivity contribution in [3.63, 3.8) is 0 Å². The SMILES string of the molecule is CC1=C[C@@H](C)[C@H](O)[C@H](CO)C[C@H](C)Cc2c(O)c(cc(O)c2N=CCN(C)C)NC(=O)/C(C)=C/C=C\[C@H](CO)[C@@H]1OC#N. The van der Waals surface area contributed by atoms with Gasteiger partial charge in [0.2, 0.25) is 0 Å². The quantitative estimate of drug-likeness (QED) is 0.0941. The van der Waals surface area contributed by atoms with Crippen LogP contribution in [0.2, 0.25) is 0 Å². The van der Waals surface area contributed by atoms with Crippen molar-refractivity contribution in [1.82, 2.24) is 4.90 Å². The largest absolute Gasteiger partial charge is 0.506 e. The Morgan fingerprint density at radius 1 is 1.21 bits per heavy atom. The minimum absolute atomic E-state index is 0.00816. The van der Waals surface area contributed by atoms with Gasteiger partial charge in [-0.25, -0.2) is 0 Å². The number of rotatable bonds is 6. The fraction of sp³-hybridized carbons (Fsp3) is 0.531. The Bertz CT molecular complexity index is 1270. The molecule has 1 aromatic rings. The fourth-order valence-electron chi connectivity index (χ4n) is 5.21. The first kappa shape index (κ1) is 35.5. The number of nitriles is 1. The smallest absolute Gasteiger partial charge is 0.286 e. The van der Waals surface area contributed by atoms with Gasteiger partial charge >= 0.3 is 0 Å². The lowest BCUT2D eigenvalue weighted by molar-refractivity contribution is -0.112. The van der Waals surface area contributed by atoms with Gasteiger partial charge in [0, 0.05) is 54.3 Å². The third-order valence-electron chi connectivity index (χ3n) is 7.60. The van der Waals surface area contributed by atoms with E-state index < -0.39 is 35.9 Å². The summed E-state index contributed by atoms with van der Waals surface area (Å²) < 4.78 is 5.29. The first-order chi connectivity index (χ1) is 20.3. The van der Waals surface area contributed by atoms with Gasteiger partial charge in [-0.15, -0.1) is 0 Å². The Morgan fingerprint density at radius 3 is 2.51 bits per heavy atom. The summed E-state index contributed by atoms with van der Waals surface area (Å²) in [5.74, 6) is -2.78. The lowest BCUT2D eigenvalue weighted by atomic mass is 9.82. The maximum absolute atomic E-state index is 13.0. The van der Waals surface area contributed by atoms with E-state index in [9.17, 15) is 35.6 Å². The first-order valence-corrected chi connectivity index (χ1v) is 14.4. The van der Waals surface area contributed by atoms with Gasteiger partial charge in [-0.1, -0.05) is 38.2 Å². The molecule has 2 bridgehead atoms. The zero-order chi connectivity index (χ0) is 32.3. The number of carbonyl (C=O) groups excluding carboxylic acids is 1. The van der Waals surface area contributed by atoms with E-state index in [1.165, 1.54) is 12.1 Å². The van der Waals surface area contributed by atoms with Crippen LogP contribution in [0.5, 0.6) is 11.5 Å². The second kappa shape index (κ2) is 16.8. The highest BCUT2D eigenvalue weighted by Gasteiger charge is 2.29. The molecule has 11 heteroatoms. The minimum atomic E-state index is -0.953. The van der Waals surface area contributed by atoms with Crippen LogP contribution in [0.1, 0.15) is 39.7 Å². The van der Waals surface area contributed by atoms with Gasteiger partial charge in [0.25, 0.3) is 12.2 Å². The molecule has 0 aromatic heterocycles. The number of anilines is 1. The van der Waals surface area contributed by atoms with Crippen molar-refractivity contribution in [2.45, 2.75) is 52.7 Å². The molecule has 0 fully saturated rings. The molecule has 1 aliphatic heterocycles. The zero-order valence-electron chi connectivity index (χ0n) is 25.9. The number of aliphatic hydroxyl groups is 3. The van der Waals surface area contributed by atoms with Gasteiger partial charge in [-0.05, 0) is 52.3 Å². The highest BCUT2D eigenvalue weighted by molar-refractivity contribution is 6.04. The van der Waals surface area contributed by atoms with Crippen molar-refractivity contribution in [3.05, 3.63) is 47.1 Å². The number of nitrogens with zero attached hydrogens (tertiary/aromatic N) is 3. The number of hydrogen-bond donors (Lipinski definition) is 6. The van der Waals surface area contributed by atoms with Crippen LogP contribution in [-0.2, 0) is 16.0 Å². The van der Waals surface area contributed by atoms with Gasteiger partial charge in [0.05, 0.1) is 18.4 Å². The Morgan fingerprint density at radius 2 is 1.91 bits per heavy atom. The number of amides is 1. The minimum Gasteiger partial charge on any atom is -0.506 e. The molecule has 43 heavy (non-hydrogen) atoms. The van der Waals surface area contributed by atoms with Gasteiger partial charge < -0.3 is 40.5 Å². The van der Waals surface area contributed by atoms with Crippen molar-refractivity contribution in [3.8, 4) is 17.8 Å². The third kappa shape index (κ3) is 9.93. The van der Waals surface area contributed by atoms with E-state index in [4.69, 9.17) is 4.74 Å². The molecule has 1 aromatic carbocycles. The number of aliphatic imine (C=N–C) groups is 1. The molecule has 0 spiro atoms. The summed E-state index contributed by atoms with van der Waals surface area (Å²) in [5, 5.41) is 65.6. The molecule has 0 radical (unpaired) electrons. The van der Waals surface area contributed by atoms with Crippen molar-refractivity contribution in [2.24, 2.45) is 28.7 Å². The van der Waals surface area contributed by atoms with E-state index >= 15 is 0 Å². The Balaban J connectivity index is 2.68. The number of allylic oxidation sites excluding steroid dienone is 2. The van der Waals surface area contributed by atoms with Crippen LogP contribution < -0.4 is 5.32 Å². The van der Waals surface area contributed by atoms with E-state index in [1.54, 1.807) is 51.5 Å². The number of phenols is 2. The van der Waals surface area contributed by atoms with Gasteiger partial charge in [-0.2, -0.15) is 5.26 Å². The van der Waals surface area contributed by atoms with Gasteiger partial charge in [0.15, 0.2) is 0 Å². The molecule has 6 atom stereocenters. The number of aromatic hydroxyl groups is 2. The predicted octanol–water partition coefficient (Wildman–Crippen LogP) is 3.41. The van der Waals surface area contributed by atoms with E-state index in [0.29, 0.717) is 24.1 Å². The summed E-state index contributed by atoms with van der Waals surface area (Å²) in [6, 6.07) is 1.25. The molecule has 0 saturated heterocycles. The molecule has 236 valence electrons. The highest BCUT2D eigenvalue weighted by Crippen LogP contribution is 2.44. The number of hydrogen-bond acceptors (Lipinski definition) is 10. The summed E-state index contributed by atoms with van der Waals surface area (Å²) in [4.78, 5) is 19.3. The predicted molar refractivity (Wildman–Crippen MR) is 166 cm³/mol. The second-order valence-corrected chi connectivity index (χ2v) is 11.6. The summed E-state index contributed by atoms with van der Waals surface area (Å²) >= 11 is 0. The summed E-state index contributed by atoms with van der Waals surface area (Å²) in [6.45, 7) is 6.87. The van der Waals surface area contributed by atoms with Crippen LogP contribution >= 0.6 is 0 Å².